The van der Waals surface area contributed by atoms with Gasteiger partial charge in [-0.25, -0.2) is 4.79 Å². The number of ether oxygens (including phenoxy) is 1. The second-order valence-electron chi connectivity index (χ2n) is 5.21. The van der Waals surface area contributed by atoms with E-state index in [-0.39, 0.29) is 6.03 Å². The fourth-order valence-corrected chi connectivity index (χ4v) is 2.34. The van der Waals surface area contributed by atoms with Crippen molar-refractivity contribution in [2.75, 3.05) is 11.9 Å². The zero-order valence-electron chi connectivity index (χ0n) is 12.0. The van der Waals surface area contributed by atoms with Crippen molar-refractivity contribution in [3.8, 4) is 5.75 Å². The van der Waals surface area contributed by atoms with Gasteiger partial charge in [-0.15, -0.1) is 0 Å². The molecule has 1 heterocycles. The van der Waals surface area contributed by atoms with E-state index in [1.807, 2.05) is 43.3 Å². The molecule has 1 aliphatic rings. The summed E-state index contributed by atoms with van der Waals surface area (Å²) in [4.78, 5) is 11.9. The van der Waals surface area contributed by atoms with Gasteiger partial charge < -0.3 is 15.4 Å². The lowest BCUT2D eigenvalue weighted by Crippen LogP contribution is -2.28. The number of hydrogen-bond acceptors (Lipinski definition) is 2. The van der Waals surface area contributed by atoms with Gasteiger partial charge in [0.1, 0.15) is 5.75 Å². The van der Waals surface area contributed by atoms with Crippen LogP contribution in [0.15, 0.2) is 42.5 Å². The van der Waals surface area contributed by atoms with Gasteiger partial charge in [0.2, 0.25) is 0 Å². The zero-order chi connectivity index (χ0) is 14.7. The number of benzene rings is 2. The van der Waals surface area contributed by atoms with Crippen molar-refractivity contribution in [2.24, 2.45) is 0 Å². The molecular formula is C17H18N2O2. The minimum atomic E-state index is -0.199. The van der Waals surface area contributed by atoms with E-state index in [9.17, 15) is 4.79 Å². The summed E-state index contributed by atoms with van der Waals surface area (Å²) in [5, 5.41) is 5.68. The van der Waals surface area contributed by atoms with Crippen molar-refractivity contribution in [3.63, 3.8) is 0 Å². The summed E-state index contributed by atoms with van der Waals surface area (Å²) in [6.45, 7) is 3.27. The summed E-state index contributed by atoms with van der Waals surface area (Å²) in [5.41, 5.74) is 4.26. The number of hydrogen-bond donors (Lipinski definition) is 2. The van der Waals surface area contributed by atoms with Crippen LogP contribution < -0.4 is 15.4 Å². The molecule has 3 rings (SSSR count). The number of amides is 2. The monoisotopic (exact) mass is 282 g/mol. The molecule has 2 aromatic carbocycles. The Kier molecular flexibility index (Phi) is 3.77. The molecule has 0 spiro atoms. The van der Waals surface area contributed by atoms with Crippen LogP contribution in [0.1, 0.15) is 16.7 Å². The summed E-state index contributed by atoms with van der Waals surface area (Å²) in [5.74, 6) is 0.961. The third kappa shape index (κ3) is 3.34. The highest BCUT2D eigenvalue weighted by Gasteiger charge is 2.12. The second-order valence-corrected chi connectivity index (χ2v) is 5.21. The maximum absolute atomic E-state index is 11.9. The minimum Gasteiger partial charge on any atom is -0.493 e. The molecule has 2 amide bonds. The van der Waals surface area contributed by atoms with Crippen LogP contribution in [0.25, 0.3) is 0 Å². The van der Waals surface area contributed by atoms with Crippen LogP contribution in [0.3, 0.4) is 0 Å². The highest BCUT2D eigenvalue weighted by molar-refractivity contribution is 5.89. The number of carbonyl (C=O) groups excluding carboxylic acids is 1. The minimum absolute atomic E-state index is 0.199. The molecule has 4 heteroatoms. The molecule has 0 radical (unpaired) electrons. The van der Waals surface area contributed by atoms with Gasteiger partial charge in [0, 0.05) is 18.7 Å². The fourth-order valence-electron chi connectivity index (χ4n) is 2.34. The molecule has 21 heavy (non-hydrogen) atoms. The van der Waals surface area contributed by atoms with Crippen molar-refractivity contribution in [1.82, 2.24) is 5.32 Å². The van der Waals surface area contributed by atoms with E-state index in [0.29, 0.717) is 6.54 Å². The van der Waals surface area contributed by atoms with E-state index in [1.54, 1.807) is 0 Å². The zero-order valence-corrected chi connectivity index (χ0v) is 12.0. The predicted molar refractivity (Wildman–Crippen MR) is 82.7 cm³/mol. The van der Waals surface area contributed by atoms with Crippen LogP contribution in [0.2, 0.25) is 0 Å². The number of rotatable bonds is 3. The van der Waals surface area contributed by atoms with E-state index in [4.69, 9.17) is 4.74 Å². The van der Waals surface area contributed by atoms with Gasteiger partial charge >= 0.3 is 6.03 Å². The molecule has 0 fully saturated rings. The van der Waals surface area contributed by atoms with Gasteiger partial charge in [0.25, 0.3) is 0 Å². The van der Waals surface area contributed by atoms with E-state index in [0.717, 1.165) is 30.0 Å². The molecule has 0 saturated heterocycles. The Morgan fingerprint density at radius 1 is 1.19 bits per heavy atom. The van der Waals surface area contributed by atoms with E-state index in [2.05, 4.69) is 16.7 Å². The Morgan fingerprint density at radius 2 is 2.00 bits per heavy atom. The lowest BCUT2D eigenvalue weighted by Gasteiger charge is -2.09. The second kappa shape index (κ2) is 5.87. The predicted octanol–water partition coefficient (Wildman–Crippen LogP) is 3.25. The molecular weight excluding hydrogens is 264 g/mol. The maximum Gasteiger partial charge on any atom is 0.319 e. The first-order valence-corrected chi connectivity index (χ1v) is 7.07. The molecule has 2 aromatic rings. The standard InChI is InChI=1S/C17H18N2O2/c1-12-2-5-15(6-3-12)19-17(20)18-11-13-4-7-16-14(10-13)8-9-21-16/h2-7,10H,8-9,11H2,1H3,(H2,18,19,20). The first-order chi connectivity index (χ1) is 10.2. The van der Waals surface area contributed by atoms with Crippen molar-refractivity contribution >= 4 is 11.7 Å². The van der Waals surface area contributed by atoms with Gasteiger partial charge in [-0.05, 0) is 36.2 Å². The molecule has 0 aromatic heterocycles. The van der Waals surface area contributed by atoms with Gasteiger partial charge in [0.05, 0.1) is 6.61 Å². The summed E-state index contributed by atoms with van der Waals surface area (Å²) >= 11 is 0. The van der Waals surface area contributed by atoms with Crippen molar-refractivity contribution in [1.29, 1.82) is 0 Å². The largest absolute Gasteiger partial charge is 0.493 e. The van der Waals surface area contributed by atoms with E-state index >= 15 is 0 Å². The number of nitrogens with one attached hydrogen (secondary N) is 2. The first kappa shape index (κ1) is 13.5. The van der Waals surface area contributed by atoms with Crippen molar-refractivity contribution < 1.29 is 9.53 Å². The van der Waals surface area contributed by atoms with Crippen LogP contribution >= 0.6 is 0 Å². The Morgan fingerprint density at radius 3 is 2.81 bits per heavy atom. The molecule has 0 bridgehead atoms. The summed E-state index contributed by atoms with van der Waals surface area (Å²) < 4.78 is 5.47. The summed E-state index contributed by atoms with van der Waals surface area (Å²) in [7, 11) is 0. The van der Waals surface area contributed by atoms with Gasteiger partial charge in [0.15, 0.2) is 0 Å². The third-order valence-corrected chi connectivity index (χ3v) is 3.52. The Hall–Kier alpha value is -2.49. The van der Waals surface area contributed by atoms with Crippen LogP contribution in [0, 0.1) is 6.92 Å². The molecule has 0 saturated carbocycles. The topological polar surface area (TPSA) is 50.4 Å². The quantitative estimate of drug-likeness (QED) is 0.908. The lowest BCUT2D eigenvalue weighted by atomic mass is 10.1. The highest BCUT2D eigenvalue weighted by atomic mass is 16.5. The van der Waals surface area contributed by atoms with Crippen LogP contribution in [-0.2, 0) is 13.0 Å². The molecule has 0 aliphatic carbocycles. The number of aryl methyl sites for hydroxylation is 1. The number of carbonyl (C=O) groups is 1. The van der Waals surface area contributed by atoms with Crippen LogP contribution in [0.5, 0.6) is 5.75 Å². The smallest absolute Gasteiger partial charge is 0.319 e. The average Bonchev–Trinajstić information content (AvgIpc) is 2.95. The van der Waals surface area contributed by atoms with Crippen LogP contribution in [-0.4, -0.2) is 12.6 Å². The first-order valence-electron chi connectivity index (χ1n) is 7.07. The number of urea groups is 1. The molecule has 0 atom stereocenters. The fraction of sp³-hybridized carbons (Fsp3) is 0.235. The van der Waals surface area contributed by atoms with Gasteiger partial charge in [-0.3, -0.25) is 0 Å². The SMILES string of the molecule is Cc1ccc(NC(=O)NCc2ccc3c(c2)CCO3)cc1. The Labute approximate surface area is 124 Å². The number of anilines is 1. The highest BCUT2D eigenvalue weighted by Crippen LogP contribution is 2.25. The van der Waals surface area contributed by atoms with Gasteiger partial charge in [-0.2, -0.15) is 0 Å². The Bertz CT molecular complexity index is 650. The maximum atomic E-state index is 11.9. The van der Waals surface area contributed by atoms with Crippen molar-refractivity contribution in [2.45, 2.75) is 19.9 Å². The number of fused-ring (bicyclic) bond motifs is 1. The van der Waals surface area contributed by atoms with Gasteiger partial charge in [-0.1, -0.05) is 29.8 Å². The summed E-state index contributed by atoms with van der Waals surface area (Å²) in [6.07, 6.45) is 0.943. The molecule has 1 aliphatic heterocycles. The van der Waals surface area contributed by atoms with E-state index < -0.39 is 0 Å². The third-order valence-electron chi connectivity index (χ3n) is 3.52. The van der Waals surface area contributed by atoms with Crippen LogP contribution in [0.4, 0.5) is 10.5 Å². The normalized spacial score (nSPS) is 12.4. The summed E-state index contributed by atoms with van der Waals surface area (Å²) in [6, 6.07) is 13.6. The molecule has 0 unspecified atom stereocenters. The average molecular weight is 282 g/mol. The molecule has 4 nitrogen and oxygen atoms in total. The Balaban J connectivity index is 1.55. The van der Waals surface area contributed by atoms with E-state index in [1.165, 1.54) is 11.1 Å². The van der Waals surface area contributed by atoms with Crippen molar-refractivity contribution in [3.05, 3.63) is 59.2 Å². The molecule has 2 N–H and O–H groups in total. The lowest BCUT2D eigenvalue weighted by molar-refractivity contribution is 0.251. The molecule has 108 valence electrons.